The number of benzene rings is 1. The fraction of sp³-hybridized carbons (Fsp3) is 0.143. The molecule has 0 saturated carbocycles. The third-order valence-corrected chi connectivity index (χ3v) is 2.95. The number of hydrogen-bond acceptors (Lipinski definition) is 2. The minimum Gasteiger partial charge on any atom is -0.258 e. The van der Waals surface area contributed by atoms with Gasteiger partial charge in [-0.3, -0.25) is 10.1 Å². The van der Waals surface area contributed by atoms with Crippen LogP contribution in [0.1, 0.15) is 5.56 Å². The lowest BCUT2D eigenvalue weighted by molar-refractivity contribution is -0.385. The van der Waals surface area contributed by atoms with Crippen molar-refractivity contribution in [1.82, 2.24) is 0 Å². The fourth-order valence-electron chi connectivity index (χ4n) is 0.870. The Hall–Kier alpha value is -0.130. The summed E-state index contributed by atoms with van der Waals surface area (Å²) in [6, 6.07) is 3.23. The quantitative estimate of drug-likeness (QED) is 0.469. The molecule has 0 N–H and O–H groups in total. The molecule has 0 fully saturated rings. The smallest absolute Gasteiger partial charge is 0.258 e. The molecule has 6 heteroatoms. The van der Waals surface area contributed by atoms with Gasteiger partial charge >= 0.3 is 5.69 Å². The van der Waals surface area contributed by atoms with Crippen LogP contribution >= 0.6 is 43.5 Å². The molecule has 0 spiro atoms. The van der Waals surface area contributed by atoms with Crippen molar-refractivity contribution in [1.29, 1.82) is 0 Å². The van der Waals surface area contributed by atoms with Gasteiger partial charge in [0.2, 0.25) is 0 Å². The van der Waals surface area contributed by atoms with E-state index >= 15 is 0 Å². The van der Waals surface area contributed by atoms with Gasteiger partial charge in [-0.05, 0) is 33.6 Å². The van der Waals surface area contributed by atoms with Crippen molar-refractivity contribution in [3.63, 3.8) is 0 Å². The van der Waals surface area contributed by atoms with Gasteiger partial charge in [0.1, 0.15) is 5.02 Å². The molecule has 0 heterocycles. The molecule has 0 unspecified atom stereocenters. The highest BCUT2D eigenvalue weighted by atomic mass is 79.9. The van der Waals surface area contributed by atoms with E-state index < -0.39 is 4.92 Å². The van der Waals surface area contributed by atoms with Gasteiger partial charge in [0.25, 0.3) is 0 Å². The average molecular weight is 329 g/mol. The van der Waals surface area contributed by atoms with Crippen LogP contribution < -0.4 is 0 Å². The normalized spacial score (nSPS) is 10.1. The van der Waals surface area contributed by atoms with Gasteiger partial charge in [-0.2, -0.15) is 0 Å². The lowest BCUT2D eigenvalue weighted by Crippen LogP contribution is -1.92. The SMILES string of the molecule is O=[N+]([O-])c1c(Cl)cc(CBr)cc1Br. The Labute approximate surface area is 96.5 Å². The topological polar surface area (TPSA) is 43.1 Å². The Morgan fingerprint density at radius 2 is 2.15 bits per heavy atom. The van der Waals surface area contributed by atoms with E-state index in [0.717, 1.165) is 5.56 Å². The first-order valence-corrected chi connectivity index (χ1v) is 5.53. The second-order valence-corrected chi connectivity index (χ2v) is 4.12. The predicted octanol–water partition coefficient (Wildman–Crippen LogP) is 3.91. The zero-order chi connectivity index (χ0) is 10.0. The van der Waals surface area contributed by atoms with Crippen LogP contribution in [0.2, 0.25) is 5.02 Å². The van der Waals surface area contributed by atoms with Gasteiger partial charge in [-0.15, -0.1) is 0 Å². The Morgan fingerprint density at radius 1 is 1.54 bits per heavy atom. The maximum absolute atomic E-state index is 10.5. The van der Waals surface area contributed by atoms with Gasteiger partial charge < -0.3 is 0 Å². The highest BCUT2D eigenvalue weighted by molar-refractivity contribution is 9.10. The van der Waals surface area contributed by atoms with Gasteiger partial charge in [-0.1, -0.05) is 27.5 Å². The van der Waals surface area contributed by atoms with Crippen molar-refractivity contribution in [2.75, 3.05) is 0 Å². The Bertz CT molecular complexity index is 333. The Morgan fingerprint density at radius 3 is 2.54 bits per heavy atom. The third kappa shape index (κ3) is 2.42. The maximum atomic E-state index is 10.5. The number of nitrogens with zero attached hydrogens (tertiary/aromatic N) is 1. The van der Waals surface area contributed by atoms with E-state index in [1.54, 1.807) is 12.1 Å². The fourth-order valence-corrected chi connectivity index (χ4v) is 2.27. The molecule has 13 heavy (non-hydrogen) atoms. The zero-order valence-electron chi connectivity index (χ0n) is 6.26. The summed E-state index contributed by atoms with van der Waals surface area (Å²) in [7, 11) is 0. The molecule has 3 nitrogen and oxygen atoms in total. The molecule has 0 amide bonds. The molecular weight excluding hydrogens is 325 g/mol. The van der Waals surface area contributed by atoms with Crippen LogP contribution in [-0.2, 0) is 5.33 Å². The Balaban J connectivity index is 3.31. The minimum absolute atomic E-state index is 0.0913. The van der Waals surface area contributed by atoms with Gasteiger partial charge in [0.15, 0.2) is 0 Å². The molecule has 0 aliphatic heterocycles. The summed E-state index contributed by atoms with van der Waals surface area (Å²) in [5.74, 6) is 0. The molecule has 0 aliphatic carbocycles. The number of nitro groups is 1. The Kier molecular flexibility index (Phi) is 3.70. The number of nitro benzene ring substituents is 1. The van der Waals surface area contributed by atoms with E-state index in [4.69, 9.17) is 11.6 Å². The molecule has 0 radical (unpaired) electrons. The summed E-state index contributed by atoms with van der Waals surface area (Å²) < 4.78 is 0.402. The molecular formula is C7H4Br2ClNO2. The van der Waals surface area contributed by atoms with E-state index in [1.165, 1.54) is 0 Å². The van der Waals surface area contributed by atoms with Crippen molar-refractivity contribution < 1.29 is 4.92 Å². The van der Waals surface area contributed by atoms with Crippen molar-refractivity contribution in [3.05, 3.63) is 37.3 Å². The second kappa shape index (κ2) is 4.39. The summed E-state index contributed by atoms with van der Waals surface area (Å²) in [6.07, 6.45) is 0. The maximum Gasteiger partial charge on any atom is 0.301 e. The van der Waals surface area contributed by atoms with Crippen LogP contribution in [-0.4, -0.2) is 4.92 Å². The average Bonchev–Trinajstić information content (AvgIpc) is 2.02. The van der Waals surface area contributed by atoms with E-state index in [0.29, 0.717) is 9.80 Å². The lowest BCUT2D eigenvalue weighted by atomic mass is 10.2. The first-order chi connectivity index (χ1) is 6.06. The molecule has 0 bridgehead atoms. The standard InChI is InChI=1S/C7H4Br2ClNO2/c8-3-4-1-5(9)7(11(12)13)6(10)2-4/h1-2H,3H2. The lowest BCUT2D eigenvalue weighted by Gasteiger charge is -2.00. The number of alkyl halides is 1. The molecule has 1 aromatic rings. The van der Waals surface area contributed by atoms with Crippen LogP contribution in [0, 0.1) is 10.1 Å². The summed E-state index contributed by atoms with van der Waals surface area (Å²) in [5.41, 5.74) is 0.800. The van der Waals surface area contributed by atoms with Crippen LogP contribution in [0.15, 0.2) is 16.6 Å². The van der Waals surface area contributed by atoms with Crippen LogP contribution in [0.5, 0.6) is 0 Å². The first-order valence-electron chi connectivity index (χ1n) is 3.24. The van der Waals surface area contributed by atoms with Crippen LogP contribution in [0.3, 0.4) is 0 Å². The minimum atomic E-state index is -0.509. The largest absolute Gasteiger partial charge is 0.301 e. The highest BCUT2D eigenvalue weighted by Crippen LogP contribution is 2.34. The molecule has 0 atom stereocenters. The second-order valence-electron chi connectivity index (χ2n) is 2.30. The van der Waals surface area contributed by atoms with Crippen LogP contribution in [0.4, 0.5) is 5.69 Å². The van der Waals surface area contributed by atoms with E-state index in [2.05, 4.69) is 31.9 Å². The van der Waals surface area contributed by atoms with Gasteiger partial charge in [-0.25, -0.2) is 0 Å². The van der Waals surface area contributed by atoms with Crippen molar-refractivity contribution in [2.24, 2.45) is 0 Å². The molecule has 1 aromatic carbocycles. The van der Waals surface area contributed by atoms with Crippen molar-refractivity contribution in [2.45, 2.75) is 5.33 Å². The van der Waals surface area contributed by atoms with E-state index in [-0.39, 0.29) is 10.7 Å². The predicted molar refractivity (Wildman–Crippen MR) is 58.4 cm³/mol. The summed E-state index contributed by atoms with van der Waals surface area (Å²) in [6.45, 7) is 0. The number of halogens is 3. The zero-order valence-corrected chi connectivity index (χ0v) is 10.2. The van der Waals surface area contributed by atoms with Crippen molar-refractivity contribution >= 4 is 49.1 Å². The summed E-state index contributed by atoms with van der Waals surface area (Å²) in [5, 5.41) is 11.3. The monoisotopic (exact) mass is 327 g/mol. The molecule has 1 rings (SSSR count). The van der Waals surface area contributed by atoms with Gasteiger partial charge in [0.05, 0.1) is 9.40 Å². The molecule has 0 aliphatic rings. The first kappa shape index (κ1) is 10.9. The molecule has 70 valence electrons. The molecule has 0 saturated heterocycles. The van der Waals surface area contributed by atoms with E-state index in [1.807, 2.05) is 0 Å². The van der Waals surface area contributed by atoms with Crippen molar-refractivity contribution in [3.8, 4) is 0 Å². The highest BCUT2D eigenvalue weighted by Gasteiger charge is 2.17. The van der Waals surface area contributed by atoms with Crippen LogP contribution in [0.25, 0.3) is 0 Å². The number of rotatable bonds is 2. The number of hydrogen-bond donors (Lipinski definition) is 0. The molecule has 0 aromatic heterocycles. The third-order valence-electron chi connectivity index (χ3n) is 1.41. The van der Waals surface area contributed by atoms with Gasteiger partial charge in [0, 0.05) is 5.33 Å². The summed E-state index contributed by atoms with van der Waals surface area (Å²) >= 11 is 12.0. The summed E-state index contributed by atoms with van der Waals surface area (Å²) in [4.78, 5) is 10.0. The van der Waals surface area contributed by atoms with E-state index in [9.17, 15) is 10.1 Å².